The molecule has 0 aromatic heterocycles. The summed E-state index contributed by atoms with van der Waals surface area (Å²) < 4.78 is 0. The summed E-state index contributed by atoms with van der Waals surface area (Å²) in [5, 5.41) is 9.69. The van der Waals surface area contributed by atoms with E-state index in [9.17, 15) is 9.90 Å². The Morgan fingerprint density at radius 3 is 2.83 bits per heavy atom. The zero-order valence-corrected chi connectivity index (χ0v) is 7.55. The second kappa shape index (κ2) is 3.54. The van der Waals surface area contributed by atoms with E-state index in [1.54, 1.807) is 0 Å². The van der Waals surface area contributed by atoms with Crippen molar-refractivity contribution in [2.45, 2.75) is 44.8 Å². The number of hydrogen-bond donors (Lipinski definition) is 2. The Morgan fingerprint density at radius 2 is 2.33 bits per heavy atom. The van der Waals surface area contributed by atoms with E-state index < -0.39 is 5.72 Å². The van der Waals surface area contributed by atoms with Gasteiger partial charge in [-0.15, -0.1) is 0 Å². The standard InChI is InChI=1S/C9H17NO2/c1-2-8(11)7-5-3-4-6-9(7,10)12/h7,12H,2-6,10H2,1H3. The maximum Gasteiger partial charge on any atom is 0.139 e. The molecule has 0 radical (unpaired) electrons. The van der Waals surface area contributed by atoms with Crippen molar-refractivity contribution in [2.75, 3.05) is 0 Å². The van der Waals surface area contributed by atoms with Gasteiger partial charge in [0.1, 0.15) is 11.5 Å². The molecule has 3 heteroatoms. The summed E-state index contributed by atoms with van der Waals surface area (Å²) in [6.45, 7) is 1.81. The van der Waals surface area contributed by atoms with Gasteiger partial charge in [-0.2, -0.15) is 0 Å². The Balaban J connectivity index is 2.66. The number of carbonyl (C=O) groups is 1. The largest absolute Gasteiger partial charge is 0.375 e. The molecule has 3 N–H and O–H groups in total. The highest BCUT2D eigenvalue weighted by Gasteiger charge is 2.38. The second-order valence-electron chi connectivity index (χ2n) is 3.61. The van der Waals surface area contributed by atoms with Crippen molar-refractivity contribution < 1.29 is 9.90 Å². The minimum Gasteiger partial charge on any atom is -0.375 e. The lowest BCUT2D eigenvalue weighted by Crippen LogP contribution is -2.52. The number of aliphatic hydroxyl groups is 1. The Labute approximate surface area is 72.9 Å². The van der Waals surface area contributed by atoms with E-state index in [4.69, 9.17) is 5.73 Å². The third kappa shape index (κ3) is 1.84. The van der Waals surface area contributed by atoms with Crippen LogP contribution in [-0.2, 0) is 4.79 Å². The summed E-state index contributed by atoms with van der Waals surface area (Å²) in [6.07, 6.45) is 3.73. The second-order valence-corrected chi connectivity index (χ2v) is 3.61. The minimum absolute atomic E-state index is 0.0969. The Morgan fingerprint density at radius 1 is 1.67 bits per heavy atom. The summed E-state index contributed by atoms with van der Waals surface area (Å²) in [4.78, 5) is 11.3. The fourth-order valence-corrected chi connectivity index (χ4v) is 1.87. The van der Waals surface area contributed by atoms with Crippen LogP contribution >= 0.6 is 0 Å². The molecule has 70 valence electrons. The van der Waals surface area contributed by atoms with Crippen LogP contribution in [-0.4, -0.2) is 16.6 Å². The van der Waals surface area contributed by atoms with Gasteiger partial charge in [-0.25, -0.2) is 0 Å². The van der Waals surface area contributed by atoms with Gasteiger partial charge in [0.25, 0.3) is 0 Å². The van der Waals surface area contributed by atoms with Crippen LogP contribution < -0.4 is 5.73 Å². The molecule has 2 atom stereocenters. The molecule has 0 aromatic carbocycles. The summed E-state index contributed by atoms with van der Waals surface area (Å²) in [5.41, 5.74) is 4.40. The van der Waals surface area contributed by atoms with Gasteiger partial charge in [0.2, 0.25) is 0 Å². The van der Waals surface area contributed by atoms with E-state index in [1.165, 1.54) is 0 Å². The molecule has 1 aliphatic carbocycles. The molecule has 0 saturated heterocycles. The van der Waals surface area contributed by atoms with Gasteiger partial charge >= 0.3 is 0 Å². The lowest BCUT2D eigenvalue weighted by Gasteiger charge is -2.35. The molecule has 12 heavy (non-hydrogen) atoms. The molecule has 0 aromatic rings. The number of nitrogens with two attached hydrogens (primary N) is 1. The van der Waals surface area contributed by atoms with Crippen molar-refractivity contribution in [2.24, 2.45) is 11.7 Å². The topological polar surface area (TPSA) is 63.3 Å². The summed E-state index contributed by atoms with van der Waals surface area (Å²) in [5.74, 6) is -0.226. The SMILES string of the molecule is CCC(=O)C1CCCCC1(N)O. The normalized spacial score (nSPS) is 36.4. The average Bonchev–Trinajstić information content (AvgIpc) is 2.02. The fourth-order valence-electron chi connectivity index (χ4n) is 1.87. The van der Waals surface area contributed by atoms with Gasteiger partial charge < -0.3 is 10.8 Å². The maximum atomic E-state index is 11.3. The first kappa shape index (κ1) is 9.68. The van der Waals surface area contributed by atoms with Gasteiger partial charge in [0.15, 0.2) is 0 Å². The number of rotatable bonds is 2. The Hall–Kier alpha value is -0.410. The van der Waals surface area contributed by atoms with Crippen molar-refractivity contribution in [3.8, 4) is 0 Å². The lowest BCUT2D eigenvalue weighted by molar-refractivity contribution is -0.135. The summed E-state index contributed by atoms with van der Waals surface area (Å²) in [6, 6.07) is 0. The first-order chi connectivity index (χ1) is 5.58. The third-order valence-electron chi connectivity index (χ3n) is 2.66. The van der Waals surface area contributed by atoms with Crippen molar-refractivity contribution in [1.82, 2.24) is 0 Å². The molecule has 0 heterocycles. The lowest BCUT2D eigenvalue weighted by atomic mass is 9.78. The van der Waals surface area contributed by atoms with E-state index in [1.807, 2.05) is 6.92 Å². The monoisotopic (exact) mass is 171 g/mol. The molecular weight excluding hydrogens is 154 g/mol. The zero-order chi connectivity index (χ0) is 9.19. The van der Waals surface area contributed by atoms with Crippen LogP contribution in [0.1, 0.15) is 39.0 Å². The van der Waals surface area contributed by atoms with Crippen LogP contribution in [0, 0.1) is 5.92 Å². The Kier molecular flexibility index (Phi) is 2.85. The first-order valence-electron chi connectivity index (χ1n) is 4.62. The molecule has 3 nitrogen and oxygen atoms in total. The van der Waals surface area contributed by atoms with Gasteiger partial charge in [-0.3, -0.25) is 4.79 Å². The average molecular weight is 171 g/mol. The van der Waals surface area contributed by atoms with E-state index >= 15 is 0 Å². The predicted molar refractivity (Wildman–Crippen MR) is 46.4 cm³/mol. The number of Topliss-reactive ketones (excluding diaryl/α,β-unsaturated/α-hetero) is 1. The molecule has 1 rings (SSSR count). The molecule has 1 aliphatic rings. The van der Waals surface area contributed by atoms with Crippen LogP contribution in [0.25, 0.3) is 0 Å². The van der Waals surface area contributed by atoms with Gasteiger partial charge in [-0.1, -0.05) is 13.3 Å². The van der Waals surface area contributed by atoms with Gasteiger partial charge in [-0.05, 0) is 19.3 Å². The van der Waals surface area contributed by atoms with Crippen molar-refractivity contribution in [3.05, 3.63) is 0 Å². The first-order valence-corrected chi connectivity index (χ1v) is 4.62. The predicted octanol–water partition coefficient (Wildman–Crippen LogP) is 0.803. The fraction of sp³-hybridized carbons (Fsp3) is 0.889. The summed E-state index contributed by atoms with van der Waals surface area (Å²) in [7, 11) is 0. The Bertz CT molecular complexity index is 177. The van der Waals surface area contributed by atoms with Crippen LogP contribution in [0.2, 0.25) is 0 Å². The van der Waals surface area contributed by atoms with Crippen molar-refractivity contribution >= 4 is 5.78 Å². The molecule has 0 amide bonds. The zero-order valence-electron chi connectivity index (χ0n) is 7.55. The number of carbonyl (C=O) groups excluding carboxylic acids is 1. The van der Waals surface area contributed by atoms with Gasteiger partial charge in [0, 0.05) is 6.42 Å². The molecule has 0 bridgehead atoms. The van der Waals surface area contributed by atoms with E-state index in [0.29, 0.717) is 12.8 Å². The van der Waals surface area contributed by atoms with Crippen molar-refractivity contribution in [3.63, 3.8) is 0 Å². The van der Waals surface area contributed by atoms with E-state index in [-0.39, 0.29) is 11.7 Å². The summed E-state index contributed by atoms with van der Waals surface area (Å²) >= 11 is 0. The van der Waals surface area contributed by atoms with Crippen LogP contribution in [0.5, 0.6) is 0 Å². The van der Waals surface area contributed by atoms with Crippen molar-refractivity contribution in [1.29, 1.82) is 0 Å². The van der Waals surface area contributed by atoms with Crippen LogP contribution in [0.4, 0.5) is 0 Å². The molecule has 1 fully saturated rings. The highest BCUT2D eigenvalue weighted by atomic mass is 16.3. The minimum atomic E-state index is -1.23. The molecule has 2 unspecified atom stereocenters. The molecule has 0 aliphatic heterocycles. The van der Waals surface area contributed by atoms with Crippen LogP contribution in [0.15, 0.2) is 0 Å². The van der Waals surface area contributed by atoms with E-state index in [2.05, 4.69) is 0 Å². The number of hydrogen-bond acceptors (Lipinski definition) is 3. The maximum absolute atomic E-state index is 11.3. The third-order valence-corrected chi connectivity index (χ3v) is 2.66. The molecule has 0 spiro atoms. The molecule has 1 saturated carbocycles. The van der Waals surface area contributed by atoms with Crippen LogP contribution in [0.3, 0.4) is 0 Å². The highest BCUT2D eigenvalue weighted by molar-refractivity contribution is 5.81. The highest BCUT2D eigenvalue weighted by Crippen LogP contribution is 2.31. The number of ketones is 1. The smallest absolute Gasteiger partial charge is 0.139 e. The van der Waals surface area contributed by atoms with E-state index in [0.717, 1.165) is 19.3 Å². The quantitative estimate of drug-likeness (QED) is 0.604. The molecular formula is C9H17NO2. The van der Waals surface area contributed by atoms with Gasteiger partial charge in [0.05, 0.1) is 5.92 Å².